The lowest BCUT2D eigenvalue weighted by Gasteiger charge is -2.16. The van der Waals surface area contributed by atoms with Crippen LogP contribution in [0.2, 0.25) is 5.02 Å². The van der Waals surface area contributed by atoms with E-state index in [1.54, 1.807) is 13.0 Å². The van der Waals surface area contributed by atoms with Crippen molar-refractivity contribution in [3.63, 3.8) is 0 Å². The van der Waals surface area contributed by atoms with E-state index in [0.717, 1.165) is 18.9 Å². The highest BCUT2D eigenvalue weighted by atomic mass is 35.5. The van der Waals surface area contributed by atoms with Crippen LogP contribution in [0.25, 0.3) is 0 Å². The first-order chi connectivity index (χ1) is 15.1. The molecule has 3 rings (SSSR count). The number of anilines is 1. The Bertz CT molecular complexity index is 1180. The highest BCUT2D eigenvalue weighted by Gasteiger charge is 2.28. The maximum atomic E-state index is 12.7. The van der Waals surface area contributed by atoms with Crippen LogP contribution in [0.4, 0.5) is 11.4 Å². The van der Waals surface area contributed by atoms with Crippen molar-refractivity contribution >= 4 is 44.9 Å². The van der Waals surface area contributed by atoms with Gasteiger partial charge in [0.2, 0.25) is 10.0 Å². The van der Waals surface area contributed by atoms with Gasteiger partial charge in [-0.25, -0.2) is 13.2 Å². The van der Waals surface area contributed by atoms with Gasteiger partial charge in [-0.3, -0.25) is 14.9 Å². The molecular weight excluding hydrogens is 462 g/mol. The normalized spacial score (nSPS) is 14.2. The number of esters is 1. The Morgan fingerprint density at radius 3 is 2.56 bits per heavy atom. The van der Waals surface area contributed by atoms with E-state index in [9.17, 15) is 28.1 Å². The predicted octanol–water partition coefficient (Wildman–Crippen LogP) is 3.14. The Morgan fingerprint density at radius 1 is 1.22 bits per heavy atom. The first-order valence-corrected chi connectivity index (χ1v) is 11.4. The summed E-state index contributed by atoms with van der Waals surface area (Å²) in [4.78, 5) is 35.1. The van der Waals surface area contributed by atoms with Gasteiger partial charge in [0.15, 0.2) is 6.61 Å². The number of nitrogens with zero attached hydrogens (tertiary/aromatic N) is 2. The number of nitro groups is 1. The van der Waals surface area contributed by atoms with Crippen LogP contribution in [0.15, 0.2) is 41.3 Å². The molecule has 0 atom stereocenters. The van der Waals surface area contributed by atoms with Gasteiger partial charge in [0, 0.05) is 19.2 Å². The fourth-order valence-electron chi connectivity index (χ4n) is 3.25. The largest absolute Gasteiger partial charge is 0.452 e. The van der Waals surface area contributed by atoms with E-state index in [2.05, 4.69) is 5.32 Å². The van der Waals surface area contributed by atoms with Crippen molar-refractivity contribution in [1.29, 1.82) is 0 Å². The summed E-state index contributed by atoms with van der Waals surface area (Å²) in [5.74, 6) is -1.80. The molecule has 1 fully saturated rings. The van der Waals surface area contributed by atoms with Gasteiger partial charge in [0.1, 0.15) is 5.69 Å². The zero-order valence-corrected chi connectivity index (χ0v) is 18.6. The molecule has 170 valence electrons. The second-order valence-electron chi connectivity index (χ2n) is 7.10. The molecule has 1 aliphatic heterocycles. The summed E-state index contributed by atoms with van der Waals surface area (Å²) in [5.41, 5.74) is -0.0498. The van der Waals surface area contributed by atoms with E-state index in [-0.39, 0.29) is 26.9 Å². The minimum absolute atomic E-state index is 0.00437. The van der Waals surface area contributed by atoms with Gasteiger partial charge in [-0.05, 0) is 43.5 Å². The number of benzene rings is 2. The van der Waals surface area contributed by atoms with Crippen LogP contribution in [-0.4, -0.2) is 49.2 Å². The van der Waals surface area contributed by atoms with Crippen molar-refractivity contribution in [1.82, 2.24) is 4.31 Å². The van der Waals surface area contributed by atoms with Gasteiger partial charge in [-0.15, -0.1) is 0 Å². The molecule has 1 heterocycles. The summed E-state index contributed by atoms with van der Waals surface area (Å²) in [6.07, 6.45) is 1.52. The Hall–Kier alpha value is -3.02. The van der Waals surface area contributed by atoms with E-state index < -0.39 is 33.4 Å². The summed E-state index contributed by atoms with van der Waals surface area (Å²) in [7, 11) is -3.78. The molecule has 0 aliphatic carbocycles. The first kappa shape index (κ1) is 23.6. The minimum Gasteiger partial charge on any atom is -0.452 e. The average Bonchev–Trinajstić information content (AvgIpc) is 3.29. The molecule has 1 saturated heterocycles. The Morgan fingerprint density at radius 2 is 1.91 bits per heavy atom. The number of carbonyl (C=O) groups is 2. The van der Waals surface area contributed by atoms with Crippen LogP contribution >= 0.6 is 11.6 Å². The fourth-order valence-corrected chi connectivity index (χ4v) is 4.99. The van der Waals surface area contributed by atoms with Gasteiger partial charge >= 0.3 is 5.97 Å². The van der Waals surface area contributed by atoms with Gasteiger partial charge < -0.3 is 10.1 Å². The van der Waals surface area contributed by atoms with Crippen LogP contribution in [0.5, 0.6) is 0 Å². The lowest BCUT2D eigenvalue weighted by molar-refractivity contribution is -0.384. The Kier molecular flexibility index (Phi) is 7.12. The number of sulfonamides is 1. The molecule has 0 radical (unpaired) electrons. The highest BCUT2D eigenvalue weighted by Crippen LogP contribution is 2.28. The maximum Gasteiger partial charge on any atom is 0.340 e. The number of rotatable bonds is 7. The van der Waals surface area contributed by atoms with E-state index in [0.29, 0.717) is 18.7 Å². The molecule has 10 nitrogen and oxygen atoms in total. The van der Waals surface area contributed by atoms with Crippen molar-refractivity contribution in [2.24, 2.45) is 0 Å². The van der Waals surface area contributed by atoms with Gasteiger partial charge in [0.05, 0.1) is 20.4 Å². The van der Waals surface area contributed by atoms with Crippen LogP contribution in [0.3, 0.4) is 0 Å². The van der Waals surface area contributed by atoms with E-state index >= 15 is 0 Å². The number of nitro benzene ring substituents is 1. The summed E-state index contributed by atoms with van der Waals surface area (Å²) in [5, 5.41) is 13.5. The van der Waals surface area contributed by atoms with Gasteiger partial charge in [0.25, 0.3) is 11.6 Å². The minimum atomic E-state index is -3.78. The van der Waals surface area contributed by atoms with Crippen LogP contribution < -0.4 is 5.32 Å². The molecule has 0 unspecified atom stereocenters. The number of hydrogen-bond donors (Lipinski definition) is 1. The SMILES string of the molecule is Cc1cccc([N+](=O)[O-])c1NC(=O)COC(=O)c1cc(S(=O)(=O)N2CCCC2)ccc1Cl. The smallest absolute Gasteiger partial charge is 0.340 e. The highest BCUT2D eigenvalue weighted by molar-refractivity contribution is 7.89. The summed E-state index contributed by atoms with van der Waals surface area (Å²) in [6, 6.07) is 7.99. The molecule has 1 aliphatic rings. The quantitative estimate of drug-likeness (QED) is 0.364. The van der Waals surface area contributed by atoms with Crippen molar-refractivity contribution in [3.8, 4) is 0 Å². The molecule has 32 heavy (non-hydrogen) atoms. The predicted molar refractivity (Wildman–Crippen MR) is 116 cm³/mol. The van der Waals surface area contributed by atoms with Crippen molar-refractivity contribution in [2.75, 3.05) is 25.0 Å². The van der Waals surface area contributed by atoms with Crippen LogP contribution in [0.1, 0.15) is 28.8 Å². The molecule has 0 spiro atoms. The molecule has 0 aromatic heterocycles. The average molecular weight is 482 g/mol. The van der Waals surface area contributed by atoms with Crippen molar-refractivity contribution < 1.29 is 27.7 Å². The van der Waals surface area contributed by atoms with Crippen molar-refractivity contribution in [3.05, 3.63) is 62.7 Å². The summed E-state index contributed by atoms with van der Waals surface area (Å²) < 4.78 is 31.7. The fraction of sp³-hybridized carbons (Fsp3) is 0.300. The lowest BCUT2D eigenvalue weighted by atomic mass is 10.1. The zero-order chi connectivity index (χ0) is 23.5. The number of aryl methyl sites for hydroxylation is 1. The third-order valence-electron chi connectivity index (χ3n) is 4.91. The Labute approximate surface area is 189 Å². The first-order valence-electron chi connectivity index (χ1n) is 9.62. The number of hydrogen-bond acceptors (Lipinski definition) is 7. The molecule has 1 amide bonds. The number of para-hydroxylation sites is 1. The van der Waals surface area contributed by atoms with Gasteiger partial charge in [-0.1, -0.05) is 23.7 Å². The molecule has 2 aromatic rings. The van der Waals surface area contributed by atoms with E-state index in [4.69, 9.17) is 16.3 Å². The standard InChI is InChI=1S/C20H20ClN3O7S/c1-13-5-4-6-17(24(27)28)19(13)22-18(25)12-31-20(26)15-11-14(7-8-16(15)21)32(29,30)23-9-2-3-10-23/h4-8,11H,2-3,9-10,12H2,1H3,(H,22,25). The zero-order valence-electron chi connectivity index (χ0n) is 17.0. The second kappa shape index (κ2) is 9.63. The summed E-state index contributed by atoms with van der Waals surface area (Å²) in [6.45, 7) is 1.64. The van der Waals surface area contributed by atoms with Gasteiger partial charge in [-0.2, -0.15) is 4.31 Å². The molecule has 1 N–H and O–H groups in total. The number of amides is 1. The number of nitrogens with one attached hydrogen (secondary N) is 1. The van der Waals surface area contributed by atoms with Crippen LogP contribution in [-0.2, 0) is 19.6 Å². The molecule has 0 bridgehead atoms. The second-order valence-corrected chi connectivity index (χ2v) is 9.45. The molecule has 0 saturated carbocycles. The van der Waals surface area contributed by atoms with Crippen LogP contribution in [0, 0.1) is 17.0 Å². The Balaban J connectivity index is 1.72. The topological polar surface area (TPSA) is 136 Å². The third kappa shape index (κ3) is 5.06. The van der Waals surface area contributed by atoms with E-state index in [1.165, 1.54) is 28.6 Å². The molecular formula is C20H20ClN3O7S. The number of carbonyl (C=O) groups excluding carboxylic acids is 2. The molecule has 2 aromatic carbocycles. The number of ether oxygens (including phenoxy) is 1. The van der Waals surface area contributed by atoms with Crippen molar-refractivity contribution in [2.45, 2.75) is 24.7 Å². The maximum absolute atomic E-state index is 12.7. The number of halogens is 1. The third-order valence-corrected chi connectivity index (χ3v) is 7.13. The van der Waals surface area contributed by atoms with E-state index in [1.807, 2.05) is 0 Å². The molecule has 12 heteroatoms. The monoisotopic (exact) mass is 481 g/mol. The lowest BCUT2D eigenvalue weighted by Crippen LogP contribution is -2.28. The summed E-state index contributed by atoms with van der Waals surface area (Å²) >= 11 is 6.04.